The molecule has 2 aromatic carbocycles. The fourth-order valence-electron chi connectivity index (χ4n) is 3.62. The van der Waals surface area contributed by atoms with Crippen LogP contribution in [-0.4, -0.2) is 107 Å². The number of carbonyl (C=O) groups is 2. The first-order chi connectivity index (χ1) is 18.1. The highest BCUT2D eigenvalue weighted by molar-refractivity contribution is 7.82. The monoisotopic (exact) mass is 573 g/mol. The summed E-state index contributed by atoms with van der Waals surface area (Å²) in [4.78, 5) is 29.9. The van der Waals surface area contributed by atoms with Crippen LogP contribution in [0.3, 0.4) is 0 Å². The van der Waals surface area contributed by atoms with E-state index >= 15 is 0 Å². The van der Waals surface area contributed by atoms with Crippen LogP contribution in [0, 0.1) is 11.6 Å². The molecule has 0 bridgehead atoms. The van der Waals surface area contributed by atoms with E-state index in [0.717, 1.165) is 42.6 Å². The summed E-state index contributed by atoms with van der Waals surface area (Å²) in [5.74, 6) is -3.79. The van der Waals surface area contributed by atoms with Gasteiger partial charge in [0.25, 0.3) is 5.91 Å². The molecule has 1 aliphatic heterocycles. The zero-order chi connectivity index (χ0) is 27.8. The number of nitrogens with one attached hydrogen (secondary N) is 1. The normalized spacial score (nSPS) is 15.3. The largest absolute Gasteiger partial charge is 0.451 e. The molecule has 3 rings (SSSR count). The molecule has 1 heterocycles. The summed E-state index contributed by atoms with van der Waals surface area (Å²) in [6.07, 6.45) is 0. The van der Waals surface area contributed by atoms with Gasteiger partial charge in [-0.2, -0.15) is 0 Å². The van der Waals surface area contributed by atoms with Gasteiger partial charge in [-0.05, 0) is 43.4 Å². The first kappa shape index (κ1) is 29.9. The van der Waals surface area contributed by atoms with E-state index in [1.54, 1.807) is 7.05 Å². The van der Waals surface area contributed by atoms with E-state index in [1.807, 2.05) is 11.9 Å². The second-order valence-corrected chi connectivity index (χ2v) is 10.7. The highest BCUT2D eigenvalue weighted by Gasteiger charge is 2.24. The Kier molecular flexibility index (Phi) is 10.9. The van der Waals surface area contributed by atoms with Gasteiger partial charge in [-0.15, -0.1) is 0 Å². The van der Waals surface area contributed by atoms with E-state index in [9.17, 15) is 22.6 Å². The van der Waals surface area contributed by atoms with Gasteiger partial charge in [-0.3, -0.25) is 19.7 Å². The molecule has 1 unspecified atom stereocenters. The summed E-state index contributed by atoms with van der Waals surface area (Å²) in [5, 5.41) is 9.36. The first-order valence-corrected chi connectivity index (χ1v) is 13.2. The smallest absolute Gasteiger partial charge is 0.258 e. The lowest BCUT2D eigenvalue weighted by Gasteiger charge is -2.33. The summed E-state index contributed by atoms with van der Waals surface area (Å²) in [7, 11) is 1.38. The van der Waals surface area contributed by atoms with Crippen molar-refractivity contribution in [2.24, 2.45) is 0 Å². The minimum atomic E-state index is -2.21. The molecule has 38 heavy (non-hydrogen) atoms. The van der Waals surface area contributed by atoms with Crippen LogP contribution < -0.4 is 10.2 Å². The molecular formula is C24H30ClF2N5O5S. The number of amides is 2. The number of hydroxylamine groups is 1. The Morgan fingerprint density at radius 2 is 1.71 bits per heavy atom. The van der Waals surface area contributed by atoms with E-state index in [0.29, 0.717) is 5.02 Å². The third-order valence-corrected chi connectivity index (χ3v) is 7.62. The Hall–Kier alpha value is -2.68. The quantitative estimate of drug-likeness (QED) is 0.313. The van der Waals surface area contributed by atoms with Crippen molar-refractivity contribution in [3.63, 3.8) is 0 Å². The Labute approximate surface area is 227 Å². The summed E-state index contributed by atoms with van der Waals surface area (Å²) >= 11 is 5.81. The molecule has 0 aliphatic carbocycles. The number of carbonyl (C=O) groups excluding carboxylic acids is 2. The maximum Gasteiger partial charge on any atom is 0.258 e. The molecule has 208 valence electrons. The lowest BCUT2D eigenvalue weighted by atomic mass is 10.3. The fraction of sp³-hybridized carbons (Fsp3) is 0.417. The number of hydrogen-bond donors (Lipinski definition) is 2. The van der Waals surface area contributed by atoms with Crippen molar-refractivity contribution < 1.29 is 32.5 Å². The maximum absolute atomic E-state index is 14.8. The second kappa shape index (κ2) is 13.9. The molecular weight excluding hydrogens is 544 g/mol. The average Bonchev–Trinajstić information content (AvgIpc) is 2.90. The zero-order valence-electron chi connectivity index (χ0n) is 21.0. The van der Waals surface area contributed by atoms with Gasteiger partial charge in [0.1, 0.15) is 16.7 Å². The van der Waals surface area contributed by atoms with E-state index < -0.39 is 40.8 Å². The summed E-state index contributed by atoms with van der Waals surface area (Å²) in [6, 6.07) is 7.54. The van der Waals surface area contributed by atoms with Gasteiger partial charge in [0.15, 0.2) is 17.4 Å². The minimum Gasteiger partial charge on any atom is -0.451 e. The van der Waals surface area contributed by atoms with Crippen molar-refractivity contribution in [3.8, 4) is 11.5 Å². The molecule has 14 heteroatoms. The van der Waals surface area contributed by atoms with Crippen molar-refractivity contribution >= 4 is 34.4 Å². The van der Waals surface area contributed by atoms with Crippen LogP contribution in [0.15, 0.2) is 41.3 Å². The number of piperazine rings is 1. The number of benzene rings is 2. The van der Waals surface area contributed by atoms with Gasteiger partial charge in [-0.1, -0.05) is 11.6 Å². The second-order valence-electron chi connectivity index (χ2n) is 8.81. The summed E-state index contributed by atoms with van der Waals surface area (Å²) < 4.78 is 49.1. The van der Waals surface area contributed by atoms with Crippen LogP contribution in [0.25, 0.3) is 0 Å². The number of halogens is 3. The molecule has 2 N–H and O–H groups in total. The molecule has 10 nitrogen and oxygen atoms in total. The van der Waals surface area contributed by atoms with Crippen molar-refractivity contribution in [1.29, 1.82) is 0 Å². The maximum atomic E-state index is 14.8. The average molecular weight is 574 g/mol. The number of likely N-dealkylation sites (N-methyl/N-ethyl adjacent to an activating group) is 2. The van der Waals surface area contributed by atoms with Crippen LogP contribution in [0.4, 0.5) is 8.78 Å². The van der Waals surface area contributed by atoms with Gasteiger partial charge in [0.05, 0.1) is 18.0 Å². The minimum absolute atomic E-state index is 0.0721. The Bertz CT molecular complexity index is 1130. The van der Waals surface area contributed by atoms with Crippen LogP contribution in [-0.2, 0) is 20.6 Å². The topological polar surface area (TPSA) is 106 Å². The summed E-state index contributed by atoms with van der Waals surface area (Å²) in [6.45, 7) is 2.92. The standard InChI is InChI=1S/C24H30ClF2N5O5S/c1-29-7-10-31(11-8-29)16-23(34)30(2)9-12-32(15-22(33)28-35)38(36)19-13-20(26)24(21(27)14-19)37-18-5-3-17(25)4-6-18/h3-6,13-14,35H,7-12,15-16H2,1-2H3,(H,28,33). The molecule has 2 aromatic rings. The molecule has 0 aromatic heterocycles. The fourth-order valence-corrected chi connectivity index (χ4v) is 4.94. The molecule has 1 fully saturated rings. The van der Waals surface area contributed by atoms with Gasteiger partial charge < -0.3 is 14.5 Å². The van der Waals surface area contributed by atoms with Crippen LogP contribution in [0.1, 0.15) is 0 Å². The third kappa shape index (κ3) is 8.41. The van der Waals surface area contributed by atoms with Crippen LogP contribution >= 0.6 is 11.6 Å². The molecule has 0 saturated carbocycles. The molecule has 0 radical (unpaired) electrons. The molecule has 1 aliphatic rings. The van der Waals surface area contributed by atoms with E-state index in [2.05, 4.69) is 4.90 Å². The van der Waals surface area contributed by atoms with Gasteiger partial charge in [0.2, 0.25) is 5.91 Å². The molecule has 1 saturated heterocycles. The number of rotatable bonds is 11. The Balaban J connectivity index is 1.68. The highest BCUT2D eigenvalue weighted by Crippen LogP contribution is 2.30. The van der Waals surface area contributed by atoms with Crippen molar-refractivity contribution in [2.75, 3.05) is 66.5 Å². The third-order valence-electron chi connectivity index (χ3n) is 5.95. The van der Waals surface area contributed by atoms with Crippen molar-refractivity contribution in [2.45, 2.75) is 4.90 Å². The van der Waals surface area contributed by atoms with E-state index in [4.69, 9.17) is 21.5 Å². The highest BCUT2D eigenvalue weighted by atomic mass is 35.5. The van der Waals surface area contributed by atoms with E-state index in [-0.39, 0.29) is 36.2 Å². The van der Waals surface area contributed by atoms with Crippen LogP contribution in [0.5, 0.6) is 11.5 Å². The number of hydrogen-bond acceptors (Lipinski definition) is 7. The predicted octanol–water partition coefficient (Wildman–Crippen LogP) is 1.95. The Morgan fingerprint density at radius 1 is 1.11 bits per heavy atom. The number of nitrogens with zero attached hydrogens (tertiary/aromatic N) is 4. The molecule has 0 spiro atoms. The van der Waals surface area contributed by atoms with Gasteiger partial charge in [0, 0.05) is 51.3 Å². The SMILES string of the molecule is CN1CCN(CC(=O)N(C)CCN(CC(=O)NO)S(=O)c2cc(F)c(Oc3ccc(Cl)cc3)c(F)c2)CC1. The predicted molar refractivity (Wildman–Crippen MR) is 137 cm³/mol. The van der Waals surface area contributed by atoms with Crippen LogP contribution in [0.2, 0.25) is 5.02 Å². The zero-order valence-corrected chi connectivity index (χ0v) is 22.6. The lowest BCUT2D eigenvalue weighted by Crippen LogP contribution is -2.49. The van der Waals surface area contributed by atoms with Crippen molar-refractivity contribution in [3.05, 3.63) is 53.1 Å². The van der Waals surface area contributed by atoms with E-state index in [1.165, 1.54) is 34.6 Å². The summed E-state index contributed by atoms with van der Waals surface area (Å²) in [5.41, 5.74) is 1.45. The van der Waals surface area contributed by atoms with Gasteiger partial charge >= 0.3 is 0 Å². The lowest BCUT2D eigenvalue weighted by molar-refractivity contribution is -0.131. The first-order valence-electron chi connectivity index (χ1n) is 11.7. The Morgan fingerprint density at radius 3 is 2.29 bits per heavy atom. The number of ether oxygens (including phenoxy) is 1. The molecule has 1 atom stereocenters. The molecule has 2 amide bonds. The van der Waals surface area contributed by atoms with Crippen molar-refractivity contribution in [1.82, 2.24) is 24.5 Å². The van der Waals surface area contributed by atoms with Gasteiger partial charge in [-0.25, -0.2) is 22.8 Å².